The van der Waals surface area contributed by atoms with E-state index in [4.69, 9.17) is 11.6 Å². The first kappa shape index (κ1) is 13.3. The second-order valence-electron chi connectivity index (χ2n) is 3.94. The summed E-state index contributed by atoms with van der Waals surface area (Å²) in [6.07, 6.45) is 1.28. The molecule has 0 aliphatic carbocycles. The Morgan fingerprint density at radius 3 is 2.79 bits per heavy atom. The van der Waals surface area contributed by atoms with Gasteiger partial charge in [0.2, 0.25) is 0 Å². The summed E-state index contributed by atoms with van der Waals surface area (Å²) >= 11 is 5.79. The number of carbonyl (C=O) groups is 1. The predicted octanol–water partition coefficient (Wildman–Crippen LogP) is 2.73. The first-order chi connectivity index (χ1) is 8.99. The van der Waals surface area contributed by atoms with Crippen molar-refractivity contribution >= 4 is 23.2 Å². The second-order valence-corrected chi connectivity index (χ2v) is 4.35. The Balaban J connectivity index is 2.34. The van der Waals surface area contributed by atoms with Crippen LogP contribution < -0.4 is 10.7 Å². The minimum Gasteiger partial charge on any atom is -0.364 e. The van der Waals surface area contributed by atoms with Gasteiger partial charge in [0.05, 0.1) is 10.7 Å². The molecule has 0 radical (unpaired) electrons. The van der Waals surface area contributed by atoms with E-state index >= 15 is 0 Å². The van der Waals surface area contributed by atoms with Crippen LogP contribution in [0.1, 0.15) is 16.1 Å². The number of rotatable bonds is 2. The SMILES string of the molecule is Cc1cc(=O)c(C(=O)Nc2c(F)cccc2Cl)c[nH]1. The van der Waals surface area contributed by atoms with Gasteiger partial charge < -0.3 is 10.3 Å². The van der Waals surface area contributed by atoms with Crippen molar-refractivity contribution in [2.45, 2.75) is 6.92 Å². The first-order valence-corrected chi connectivity index (χ1v) is 5.81. The summed E-state index contributed by atoms with van der Waals surface area (Å²) in [4.78, 5) is 26.3. The number of hydrogen-bond acceptors (Lipinski definition) is 2. The van der Waals surface area contributed by atoms with Gasteiger partial charge in [-0.25, -0.2) is 4.39 Å². The molecule has 0 atom stereocenters. The minimum absolute atomic E-state index is 0.0666. The molecule has 1 amide bonds. The van der Waals surface area contributed by atoms with Crippen LogP contribution in [-0.2, 0) is 0 Å². The summed E-state index contributed by atoms with van der Waals surface area (Å²) in [5.74, 6) is -1.38. The van der Waals surface area contributed by atoms with Crippen LogP contribution >= 0.6 is 11.6 Å². The number of anilines is 1. The van der Waals surface area contributed by atoms with E-state index in [1.807, 2.05) is 0 Å². The summed E-state index contributed by atoms with van der Waals surface area (Å²) in [6, 6.07) is 5.32. The number of aromatic nitrogens is 1. The van der Waals surface area contributed by atoms with E-state index < -0.39 is 17.2 Å². The lowest BCUT2D eigenvalue weighted by Gasteiger charge is -2.07. The number of carbonyl (C=O) groups excluding carboxylic acids is 1. The highest BCUT2D eigenvalue weighted by Crippen LogP contribution is 2.24. The number of halogens is 2. The third-order valence-corrected chi connectivity index (χ3v) is 2.82. The molecule has 0 spiro atoms. The molecule has 6 heteroatoms. The molecule has 0 saturated heterocycles. The molecule has 0 fully saturated rings. The largest absolute Gasteiger partial charge is 0.364 e. The maximum absolute atomic E-state index is 13.5. The van der Waals surface area contributed by atoms with Crippen molar-refractivity contribution in [1.82, 2.24) is 4.98 Å². The zero-order chi connectivity index (χ0) is 14.0. The highest BCUT2D eigenvalue weighted by atomic mass is 35.5. The molecule has 2 rings (SSSR count). The van der Waals surface area contributed by atoms with E-state index in [-0.39, 0.29) is 16.3 Å². The molecule has 1 aromatic heterocycles. The monoisotopic (exact) mass is 280 g/mol. The number of nitrogens with one attached hydrogen (secondary N) is 2. The van der Waals surface area contributed by atoms with Crippen molar-refractivity contribution in [3.63, 3.8) is 0 Å². The molecule has 98 valence electrons. The normalized spacial score (nSPS) is 10.3. The van der Waals surface area contributed by atoms with Crippen molar-refractivity contribution in [1.29, 1.82) is 0 Å². The number of aromatic amines is 1. The Bertz CT molecular complexity index is 677. The molecule has 1 aromatic carbocycles. The maximum atomic E-state index is 13.5. The molecule has 0 bridgehead atoms. The van der Waals surface area contributed by atoms with Gasteiger partial charge in [-0.3, -0.25) is 9.59 Å². The molecular formula is C13H10ClFN2O2. The van der Waals surface area contributed by atoms with Crippen molar-refractivity contribution in [2.75, 3.05) is 5.32 Å². The van der Waals surface area contributed by atoms with Gasteiger partial charge in [0.1, 0.15) is 11.4 Å². The molecule has 2 N–H and O–H groups in total. The van der Waals surface area contributed by atoms with E-state index in [0.717, 1.165) is 0 Å². The standard InChI is InChI=1S/C13H10ClFN2O2/c1-7-5-11(18)8(6-16-7)13(19)17-12-9(14)3-2-4-10(12)15/h2-6H,1H3,(H,16,18)(H,17,19). The van der Waals surface area contributed by atoms with Crippen LogP contribution in [-0.4, -0.2) is 10.9 Å². The van der Waals surface area contributed by atoms with E-state index in [1.54, 1.807) is 6.92 Å². The third kappa shape index (κ3) is 2.82. The summed E-state index contributed by atoms with van der Waals surface area (Å²) in [6.45, 7) is 1.69. The fourth-order valence-electron chi connectivity index (χ4n) is 1.55. The minimum atomic E-state index is -0.715. The van der Waals surface area contributed by atoms with Gasteiger partial charge in [-0.1, -0.05) is 17.7 Å². The van der Waals surface area contributed by atoms with E-state index in [1.165, 1.54) is 30.5 Å². The Kier molecular flexibility index (Phi) is 3.66. The number of para-hydroxylation sites is 1. The number of hydrogen-bond donors (Lipinski definition) is 2. The number of benzene rings is 1. The number of aryl methyl sites for hydroxylation is 1. The molecule has 2 aromatic rings. The Morgan fingerprint density at radius 2 is 2.16 bits per heavy atom. The fraction of sp³-hybridized carbons (Fsp3) is 0.0769. The van der Waals surface area contributed by atoms with Crippen LogP contribution in [0.15, 0.2) is 35.3 Å². The second kappa shape index (κ2) is 5.24. The lowest BCUT2D eigenvalue weighted by Crippen LogP contribution is -2.22. The van der Waals surface area contributed by atoms with E-state index in [2.05, 4.69) is 10.3 Å². The number of H-pyrrole nitrogens is 1. The van der Waals surface area contributed by atoms with Gasteiger partial charge in [-0.2, -0.15) is 0 Å². The zero-order valence-electron chi connectivity index (χ0n) is 9.96. The van der Waals surface area contributed by atoms with Gasteiger partial charge in [0.25, 0.3) is 5.91 Å². The van der Waals surface area contributed by atoms with Crippen LogP contribution in [0.4, 0.5) is 10.1 Å². The maximum Gasteiger partial charge on any atom is 0.261 e. The highest BCUT2D eigenvalue weighted by Gasteiger charge is 2.14. The topological polar surface area (TPSA) is 62.0 Å². The Hall–Kier alpha value is -2.14. The lowest BCUT2D eigenvalue weighted by molar-refractivity contribution is 0.102. The van der Waals surface area contributed by atoms with Crippen molar-refractivity contribution in [2.24, 2.45) is 0 Å². The van der Waals surface area contributed by atoms with Gasteiger partial charge >= 0.3 is 0 Å². The average Bonchev–Trinajstić information content (AvgIpc) is 2.33. The van der Waals surface area contributed by atoms with Crippen molar-refractivity contribution in [3.8, 4) is 0 Å². The van der Waals surface area contributed by atoms with Crippen LogP contribution in [0.2, 0.25) is 5.02 Å². The van der Waals surface area contributed by atoms with Crippen LogP contribution in [0.25, 0.3) is 0 Å². The average molecular weight is 281 g/mol. The Labute approximate surface area is 113 Å². The van der Waals surface area contributed by atoms with Crippen molar-refractivity contribution < 1.29 is 9.18 Å². The first-order valence-electron chi connectivity index (χ1n) is 5.43. The molecule has 1 heterocycles. The van der Waals surface area contributed by atoms with Crippen LogP contribution in [0, 0.1) is 12.7 Å². The fourth-order valence-corrected chi connectivity index (χ4v) is 1.76. The summed E-state index contributed by atoms with van der Waals surface area (Å²) in [5.41, 5.74) is -0.0641. The van der Waals surface area contributed by atoms with Gasteiger partial charge in [-0.15, -0.1) is 0 Å². The van der Waals surface area contributed by atoms with Crippen molar-refractivity contribution in [3.05, 3.63) is 62.8 Å². The molecule has 0 aliphatic heterocycles. The number of amides is 1. The molecule has 0 saturated carbocycles. The summed E-state index contributed by atoms with van der Waals surface area (Å²) in [7, 11) is 0. The smallest absolute Gasteiger partial charge is 0.261 e. The predicted molar refractivity (Wildman–Crippen MR) is 71.2 cm³/mol. The summed E-state index contributed by atoms with van der Waals surface area (Å²) < 4.78 is 13.5. The van der Waals surface area contributed by atoms with E-state index in [0.29, 0.717) is 5.69 Å². The molecule has 0 unspecified atom stereocenters. The quantitative estimate of drug-likeness (QED) is 0.888. The van der Waals surface area contributed by atoms with Crippen LogP contribution in [0.5, 0.6) is 0 Å². The van der Waals surface area contributed by atoms with Gasteiger partial charge in [0.15, 0.2) is 5.43 Å². The molecule has 4 nitrogen and oxygen atoms in total. The summed E-state index contributed by atoms with van der Waals surface area (Å²) in [5, 5.41) is 2.36. The highest BCUT2D eigenvalue weighted by molar-refractivity contribution is 6.33. The lowest BCUT2D eigenvalue weighted by atomic mass is 10.2. The molecular weight excluding hydrogens is 271 g/mol. The Morgan fingerprint density at radius 1 is 1.42 bits per heavy atom. The van der Waals surface area contributed by atoms with E-state index in [9.17, 15) is 14.0 Å². The van der Waals surface area contributed by atoms with Gasteiger partial charge in [-0.05, 0) is 19.1 Å². The third-order valence-electron chi connectivity index (χ3n) is 2.50. The molecule has 0 aliphatic rings. The van der Waals surface area contributed by atoms with Gasteiger partial charge in [0, 0.05) is 18.0 Å². The molecule has 19 heavy (non-hydrogen) atoms. The number of pyridine rings is 1. The zero-order valence-corrected chi connectivity index (χ0v) is 10.7. The van der Waals surface area contributed by atoms with Crippen LogP contribution in [0.3, 0.4) is 0 Å².